The van der Waals surface area contributed by atoms with Crippen molar-refractivity contribution in [3.05, 3.63) is 0 Å². The maximum Gasteiger partial charge on any atom is 0.157 e. The van der Waals surface area contributed by atoms with Gasteiger partial charge in [0.15, 0.2) is 5.17 Å². The lowest BCUT2D eigenvalue weighted by Crippen LogP contribution is -2.45. The van der Waals surface area contributed by atoms with E-state index in [0.717, 1.165) is 13.2 Å². The number of nitrogens with one attached hydrogen (secondary N) is 1. The molecule has 0 amide bonds. The van der Waals surface area contributed by atoms with Gasteiger partial charge in [-0.1, -0.05) is 31.0 Å². The van der Waals surface area contributed by atoms with Gasteiger partial charge in [0.25, 0.3) is 0 Å². The summed E-state index contributed by atoms with van der Waals surface area (Å²) in [6, 6.07) is 0. The number of nitrogens with zero attached hydrogens (tertiary/aromatic N) is 1. The van der Waals surface area contributed by atoms with E-state index in [9.17, 15) is 0 Å². The highest BCUT2D eigenvalue weighted by molar-refractivity contribution is 8.14. The summed E-state index contributed by atoms with van der Waals surface area (Å²) in [4.78, 5) is 4.70. The Bertz CT molecular complexity index is 294. The van der Waals surface area contributed by atoms with E-state index in [1.54, 1.807) is 0 Å². The molecule has 0 aromatic carbocycles. The van der Waals surface area contributed by atoms with Crippen LogP contribution < -0.4 is 5.32 Å². The Labute approximate surface area is 108 Å². The minimum atomic E-state index is 0.382. The molecule has 2 aliphatic heterocycles. The van der Waals surface area contributed by atoms with E-state index in [2.05, 4.69) is 5.32 Å². The summed E-state index contributed by atoms with van der Waals surface area (Å²) in [6.45, 7) is 1.78. The Kier molecular flexibility index (Phi) is 3.61. The quantitative estimate of drug-likeness (QED) is 0.822. The van der Waals surface area contributed by atoms with Gasteiger partial charge in [0.2, 0.25) is 0 Å². The van der Waals surface area contributed by atoms with E-state index in [1.807, 2.05) is 11.8 Å². The maximum atomic E-state index is 5.61. The van der Waals surface area contributed by atoms with Gasteiger partial charge in [-0.25, -0.2) is 0 Å². The Balaban J connectivity index is 1.53. The Morgan fingerprint density at radius 1 is 1.29 bits per heavy atom. The average Bonchev–Trinajstić information content (AvgIpc) is 2.98. The minimum absolute atomic E-state index is 0.382. The van der Waals surface area contributed by atoms with Gasteiger partial charge >= 0.3 is 0 Å². The molecule has 17 heavy (non-hydrogen) atoms. The average molecular weight is 254 g/mol. The van der Waals surface area contributed by atoms with E-state index in [4.69, 9.17) is 9.73 Å². The van der Waals surface area contributed by atoms with Crippen molar-refractivity contribution in [2.45, 2.75) is 56.6 Å². The lowest BCUT2D eigenvalue weighted by molar-refractivity contribution is 0.118. The van der Waals surface area contributed by atoms with Gasteiger partial charge in [0.1, 0.15) is 0 Å². The third kappa shape index (κ3) is 2.79. The summed E-state index contributed by atoms with van der Waals surface area (Å²) in [7, 11) is 0. The molecule has 1 N–H and O–H groups in total. The van der Waals surface area contributed by atoms with Crippen molar-refractivity contribution in [3.63, 3.8) is 0 Å². The number of amidine groups is 1. The zero-order valence-corrected chi connectivity index (χ0v) is 11.2. The molecule has 3 rings (SSSR count). The molecule has 96 valence electrons. The summed E-state index contributed by atoms with van der Waals surface area (Å²) in [5.74, 6) is 1.22. The van der Waals surface area contributed by atoms with Crippen LogP contribution in [-0.4, -0.2) is 35.7 Å². The largest absolute Gasteiger partial charge is 0.376 e. The first-order valence-corrected chi connectivity index (χ1v) is 7.92. The summed E-state index contributed by atoms with van der Waals surface area (Å²) in [6.07, 6.45) is 9.62. The molecule has 2 saturated heterocycles. The molecule has 1 aliphatic carbocycles. The molecule has 0 radical (unpaired) electrons. The van der Waals surface area contributed by atoms with Crippen molar-refractivity contribution in [3.8, 4) is 0 Å². The molecule has 1 unspecified atom stereocenters. The number of rotatable bonds is 2. The van der Waals surface area contributed by atoms with Crippen LogP contribution in [0.15, 0.2) is 4.99 Å². The molecular formula is C13H22N2OS. The molecule has 3 fully saturated rings. The van der Waals surface area contributed by atoms with Crippen molar-refractivity contribution in [2.24, 2.45) is 4.99 Å². The molecular weight excluding hydrogens is 232 g/mol. The smallest absolute Gasteiger partial charge is 0.157 e. The normalized spacial score (nSPS) is 34.4. The maximum absolute atomic E-state index is 5.61. The number of hydrogen-bond donors (Lipinski definition) is 1. The molecule has 3 aliphatic rings. The Morgan fingerprint density at radius 2 is 2.18 bits per heavy atom. The van der Waals surface area contributed by atoms with E-state index in [-0.39, 0.29) is 0 Å². The third-order valence-electron chi connectivity index (χ3n) is 4.13. The lowest BCUT2D eigenvalue weighted by Gasteiger charge is -2.32. The Morgan fingerprint density at radius 3 is 2.94 bits per heavy atom. The zero-order valence-electron chi connectivity index (χ0n) is 10.4. The standard InChI is InChI=1S/C13H22N2OS/c1-2-6-13(7-3-1)10-17-12(15-13)14-9-11-5-4-8-16-11/h11H,1-10H2,(H,14,15). The number of aliphatic imine (C=N–C) groups is 1. The molecule has 0 aromatic rings. The van der Waals surface area contributed by atoms with Crippen LogP contribution >= 0.6 is 11.8 Å². The number of ether oxygens (including phenoxy) is 1. The summed E-state index contributed by atoms with van der Waals surface area (Å²) >= 11 is 1.91. The van der Waals surface area contributed by atoms with Gasteiger partial charge in [0, 0.05) is 17.9 Å². The third-order valence-corrected chi connectivity index (χ3v) is 5.33. The summed E-state index contributed by atoms with van der Waals surface area (Å²) < 4.78 is 5.61. The van der Waals surface area contributed by atoms with E-state index >= 15 is 0 Å². The SMILES string of the molecule is C1CCC2(CC1)CSC(=NCC1CCCO1)N2. The number of hydrogen-bond acceptors (Lipinski definition) is 3. The topological polar surface area (TPSA) is 33.6 Å². The zero-order chi connectivity index (χ0) is 11.6. The predicted molar refractivity (Wildman–Crippen MR) is 72.7 cm³/mol. The van der Waals surface area contributed by atoms with Gasteiger partial charge in [0.05, 0.1) is 12.6 Å². The van der Waals surface area contributed by atoms with Crippen molar-refractivity contribution >= 4 is 16.9 Å². The monoisotopic (exact) mass is 254 g/mol. The molecule has 1 atom stereocenters. The fraction of sp³-hybridized carbons (Fsp3) is 0.923. The Hall–Kier alpha value is -0.220. The second kappa shape index (κ2) is 5.19. The number of thioether (sulfide) groups is 1. The van der Waals surface area contributed by atoms with Gasteiger partial charge in [-0.2, -0.15) is 0 Å². The van der Waals surface area contributed by atoms with Crippen molar-refractivity contribution in [1.29, 1.82) is 0 Å². The fourth-order valence-electron chi connectivity index (χ4n) is 3.06. The highest BCUT2D eigenvalue weighted by Gasteiger charge is 2.38. The van der Waals surface area contributed by atoms with E-state index in [1.165, 1.54) is 55.9 Å². The van der Waals surface area contributed by atoms with Gasteiger partial charge in [-0.3, -0.25) is 4.99 Å². The van der Waals surface area contributed by atoms with Crippen molar-refractivity contribution in [2.75, 3.05) is 18.9 Å². The molecule has 0 bridgehead atoms. The first-order chi connectivity index (χ1) is 8.36. The van der Waals surface area contributed by atoms with E-state index in [0.29, 0.717) is 11.6 Å². The van der Waals surface area contributed by atoms with Gasteiger partial charge in [-0.15, -0.1) is 0 Å². The molecule has 0 aromatic heterocycles. The van der Waals surface area contributed by atoms with Crippen molar-refractivity contribution < 1.29 is 4.74 Å². The van der Waals surface area contributed by atoms with Crippen LogP contribution in [0.25, 0.3) is 0 Å². The van der Waals surface area contributed by atoms with Crippen LogP contribution in [0.5, 0.6) is 0 Å². The molecule has 4 heteroatoms. The highest BCUT2D eigenvalue weighted by Crippen LogP contribution is 2.36. The van der Waals surface area contributed by atoms with Gasteiger partial charge in [-0.05, 0) is 25.7 Å². The fourth-order valence-corrected chi connectivity index (χ4v) is 4.29. The second-order valence-electron chi connectivity index (χ2n) is 5.54. The van der Waals surface area contributed by atoms with Crippen LogP contribution in [0.4, 0.5) is 0 Å². The summed E-state index contributed by atoms with van der Waals surface area (Å²) in [5.41, 5.74) is 0.387. The first kappa shape index (κ1) is 11.8. The van der Waals surface area contributed by atoms with Crippen LogP contribution in [0.3, 0.4) is 0 Å². The molecule has 1 saturated carbocycles. The lowest BCUT2D eigenvalue weighted by atomic mass is 9.83. The van der Waals surface area contributed by atoms with Crippen LogP contribution in [-0.2, 0) is 4.74 Å². The minimum Gasteiger partial charge on any atom is -0.376 e. The van der Waals surface area contributed by atoms with Gasteiger partial charge < -0.3 is 10.1 Å². The molecule has 2 heterocycles. The van der Waals surface area contributed by atoms with Crippen molar-refractivity contribution in [1.82, 2.24) is 5.32 Å². The molecule has 1 spiro atoms. The summed E-state index contributed by atoms with van der Waals surface area (Å²) in [5, 5.41) is 4.86. The van der Waals surface area contributed by atoms with Crippen LogP contribution in [0, 0.1) is 0 Å². The highest BCUT2D eigenvalue weighted by atomic mass is 32.2. The first-order valence-electron chi connectivity index (χ1n) is 6.93. The van der Waals surface area contributed by atoms with E-state index < -0.39 is 0 Å². The van der Waals surface area contributed by atoms with Crippen LogP contribution in [0.2, 0.25) is 0 Å². The van der Waals surface area contributed by atoms with Crippen LogP contribution in [0.1, 0.15) is 44.9 Å². The molecule has 3 nitrogen and oxygen atoms in total. The predicted octanol–water partition coefficient (Wildman–Crippen LogP) is 2.56. The second-order valence-corrected chi connectivity index (χ2v) is 6.50.